The molecule has 0 saturated heterocycles. The van der Waals surface area contributed by atoms with Crippen molar-refractivity contribution >= 4 is 22.9 Å². The van der Waals surface area contributed by atoms with Crippen molar-refractivity contribution in [2.24, 2.45) is 0 Å². The molecule has 16 heavy (non-hydrogen) atoms. The minimum Gasteiger partial charge on any atom is -0.350 e. The van der Waals surface area contributed by atoms with E-state index in [0.717, 1.165) is 10.7 Å². The molecule has 0 radical (unpaired) electrons. The number of benzene rings is 2. The average Bonchev–Trinajstić information content (AvgIpc) is 2.30. The molecule has 2 rings (SSSR count). The summed E-state index contributed by atoms with van der Waals surface area (Å²) in [7, 11) is 0. The van der Waals surface area contributed by atoms with Gasteiger partial charge in [-0.25, -0.2) is 0 Å². The number of anilines is 1. The largest absolute Gasteiger partial charge is 0.350 e. The minimum atomic E-state index is 0.781. The van der Waals surface area contributed by atoms with E-state index in [1.54, 1.807) is 0 Å². The number of nitrogens with one attached hydrogen (secondary N) is 1. The molecule has 0 aromatic heterocycles. The topological polar surface area (TPSA) is 12.0 Å². The van der Waals surface area contributed by atoms with Gasteiger partial charge < -0.3 is 5.32 Å². The number of hydrogen-bond donors (Lipinski definition) is 1. The van der Waals surface area contributed by atoms with E-state index in [-0.39, 0.29) is 0 Å². The smallest absolute Gasteiger partial charge is 0.0765 e. The summed E-state index contributed by atoms with van der Waals surface area (Å²) in [4.78, 5) is 0.781. The first kappa shape index (κ1) is 10.8. The van der Waals surface area contributed by atoms with Crippen LogP contribution >= 0.6 is 12.2 Å². The summed E-state index contributed by atoms with van der Waals surface area (Å²) in [5.74, 6) is 0. The van der Waals surface area contributed by atoms with Gasteiger partial charge in [0.25, 0.3) is 0 Å². The van der Waals surface area contributed by atoms with E-state index in [9.17, 15) is 0 Å². The second-order valence-corrected chi connectivity index (χ2v) is 4.21. The van der Waals surface area contributed by atoms with Crippen molar-refractivity contribution < 1.29 is 0 Å². The van der Waals surface area contributed by atoms with Crippen molar-refractivity contribution in [3.05, 3.63) is 54.6 Å². The third-order valence-corrected chi connectivity index (χ3v) is 2.42. The maximum absolute atomic E-state index is 5.08. The Hall–Kier alpha value is -1.67. The summed E-state index contributed by atoms with van der Waals surface area (Å²) in [5.41, 5.74) is 3.43. The SMILES string of the molecule is CC(=S)Nc1ccccc1-c1ccccc1. The molecule has 80 valence electrons. The molecular formula is C14H13NS. The zero-order chi connectivity index (χ0) is 11.4. The molecule has 0 heterocycles. The van der Waals surface area contributed by atoms with Crippen LogP contribution in [0.5, 0.6) is 0 Å². The molecule has 2 aromatic rings. The number of hydrogen-bond acceptors (Lipinski definition) is 1. The van der Waals surface area contributed by atoms with Gasteiger partial charge in [0.05, 0.1) is 4.99 Å². The summed E-state index contributed by atoms with van der Waals surface area (Å²) in [6.45, 7) is 1.89. The quantitative estimate of drug-likeness (QED) is 0.775. The van der Waals surface area contributed by atoms with E-state index in [0.29, 0.717) is 0 Å². The highest BCUT2D eigenvalue weighted by Gasteiger charge is 2.03. The molecule has 0 bridgehead atoms. The van der Waals surface area contributed by atoms with E-state index in [1.807, 2.05) is 43.3 Å². The van der Waals surface area contributed by atoms with Gasteiger partial charge in [0.15, 0.2) is 0 Å². The molecule has 2 heteroatoms. The van der Waals surface area contributed by atoms with Gasteiger partial charge in [-0.2, -0.15) is 0 Å². The van der Waals surface area contributed by atoms with Crippen LogP contribution in [-0.4, -0.2) is 4.99 Å². The van der Waals surface area contributed by atoms with Gasteiger partial charge in [0.1, 0.15) is 0 Å². The fourth-order valence-corrected chi connectivity index (χ4v) is 1.76. The Kier molecular flexibility index (Phi) is 3.32. The zero-order valence-corrected chi connectivity index (χ0v) is 9.92. The second-order valence-electron chi connectivity index (χ2n) is 3.59. The molecule has 0 spiro atoms. The highest BCUT2D eigenvalue weighted by atomic mass is 32.1. The lowest BCUT2D eigenvalue weighted by Crippen LogP contribution is -2.04. The lowest BCUT2D eigenvalue weighted by Gasteiger charge is -2.10. The van der Waals surface area contributed by atoms with Crippen molar-refractivity contribution in [1.29, 1.82) is 0 Å². The second kappa shape index (κ2) is 4.90. The van der Waals surface area contributed by atoms with E-state index in [2.05, 4.69) is 23.5 Å². The van der Waals surface area contributed by atoms with Crippen LogP contribution < -0.4 is 5.32 Å². The molecule has 0 amide bonds. The van der Waals surface area contributed by atoms with Crippen molar-refractivity contribution in [3.63, 3.8) is 0 Å². The van der Waals surface area contributed by atoms with Crippen LogP contribution in [0.25, 0.3) is 11.1 Å². The van der Waals surface area contributed by atoms with Gasteiger partial charge in [-0.15, -0.1) is 0 Å². The number of rotatable bonds is 2. The number of thiocarbonyl (C=S) groups is 1. The summed E-state index contributed by atoms with van der Waals surface area (Å²) in [6.07, 6.45) is 0. The Balaban J connectivity index is 2.44. The summed E-state index contributed by atoms with van der Waals surface area (Å²) in [5, 5.41) is 3.20. The molecule has 0 fully saturated rings. The number of para-hydroxylation sites is 1. The Morgan fingerprint density at radius 1 is 0.938 bits per heavy atom. The van der Waals surface area contributed by atoms with Crippen molar-refractivity contribution in [3.8, 4) is 11.1 Å². The van der Waals surface area contributed by atoms with Crippen LogP contribution in [0, 0.1) is 0 Å². The van der Waals surface area contributed by atoms with Gasteiger partial charge in [-0.05, 0) is 18.6 Å². The molecule has 0 saturated carbocycles. The van der Waals surface area contributed by atoms with Crippen LogP contribution in [0.3, 0.4) is 0 Å². The Morgan fingerprint density at radius 3 is 2.25 bits per heavy atom. The van der Waals surface area contributed by atoms with Gasteiger partial charge in [0.2, 0.25) is 0 Å². The lowest BCUT2D eigenvalue weighted by atomic mass is 10.0. The molecule has 0 aliphatic heterocycles. The third kappa shape index (κ3) is 2.47. The minimum absolute atomic E-state index is 0.781. The Morgan fingerprint density at radius 2 is 1.56 bits per heavy atom. The van der Waals surface area contributed by atoms with Crippen LogP contribution in [0.15, 0.2) is 54.6 Å². The molecular weight excluding hydrogens is 214 g/mol. The first-order valence-corrected chi connectivity index (χ1v) is 5.60. The summed E-state index contributed by atoms with van der Waals surface area (Å²) >= 11 is 5.08. The van der Waals surface area contributed by atoms with E-state index >= 15 is 0 Å². The van der Waals surface area contributed by atoms with Gasteiger partial charge in [-0.1, -0.05) is 60.7 Å². The van der Waals surface area contributed by atoms with Gasteiger partial charge >= 0.3 is 0 Å². The van der Waals surface area contributed by atoms with Gasteiger partial charge in [-0.3, -0.25) is 0 Å². The monoisotopic (exact) mass is 227 g/mol. The highest BCUT2D eigenvalue weighted by molar-refractivity contribution is 7.80. The molecule has 0 aliphatic rings. The van der Waals surface area contributed by atoms with Crippen molar-refractivity contribution in [2.45, 2.75) is 6.92 Å². The predicted octanol–water partition coefficient (Wildman–Crippen LogP) is 4.11. The first-order chi connectivity index (χ1) is 7.77. The third-order valence-electron chi connectivity index (χ3n) is 2.32. The standard InChI is InChI=1S/C14H13NS/c1-11(16)15-14-10-6-5-9-13(14)12-7-3-2-4-8-12/h2-10H,1H3,(H,15,16). The van der Waals surface area contributed by atoms with Crippen molar-refractivity contribution in [2.75, 3.05) is 5.32 Å². The fraction of sp³-hybridized carbons (Fsp3) is 0.0714. The van der Waals surface area contributed by atoms with Crippen molar-refractivity contribution in [1.82, 2.24) is 0 Å². The van der Waals surface area contributed by atoms with Crippen LogP contribution in [-0.2, 0) is 0 Å². The van der Waals surface area contributed by atoms with E-state index in [4.69, 9.17) is 12.2 Å². The van der Waals surface area contributed by atoms with Crippen LogP contribution in [0.4, 0.5) is 5.69 Å². The lowest BCUT2D eigenvalue weighted by molar-refractivity contribution is 1.58. The van der Waals surface area contributed by atoms with Crippen LogP contribution in [0.1, 0.15) is 6.92 Å². The van der Waals surface area contributed by atoms with E-state index in [1.165, 1.54) is 11.1 Å². The Labute approximate surface area is 101 Å². The maximum atomic E-state index is 5.08. The highest BCUT2D eigenvalue weighted by Crippen LogP contribution is 2.27. The molecule has 0 aliphatic carbocycles. The Bertz CT molecular complexity index is 491. The van der Waals surface area contributed by atoms with E-state index < -0.39 is 0 Å². The maximum Gasteiger partial charge on any atom is 0.0765 e. The van der Waals surface area contributed by atoms with Gasteiger partial charge in [0, 0.05) is 11.3 Å². The fourth-order valence-electron chi connectivity index (χ4n) is 1.65. The van der Waals surface area contributed by atoms with Crippen LogP contribution in [0.2, 0.25) is 0 Å². The molecule has 0 unspecified atom stereocenters. The molecule has 2 aromatic carbocycles. The summed E-state index contributed by atoms with van der Waals surface area (Å²) in [6, 6.07) is 18.5. The average molecular weight is 227 g/mol. The first-order valence-electron chi connectivity index (χ1n) is 5.19. The molecule has 0 atom stereocenters. The normalized spacial score (nSPS) is 9.81. The summed E-state index contributed by atoms with van der Waals surface area (Å²) < 4.78 is 0. The predicted molar refractivity (Wildman–Crippen MR) is 73.8 cm³/mol. The zero-order valence-electron chi connectivity index (χ0n) is 9.10. The molecule has 1 nitrogen and oxygen atoms in total. The molecule has 1 N–H and O–H groups in total.